The quantitative estimate of drug-likeness (QED) is 0.611. The molecule has 0 unspecified atom stereocenters. The van der Waals surface area contributed by atoms with Gasteiger partial charge in [-0.05, 0) is 12.1 Å². The Morgan fingerprint density at radius 1 is 1.10 bits per heavy atom. The number of carbonyl (C=O) groups is 3. The van der Waals surface area contributed by atoms with Gasteiger partial charge in [-0.25, -0.2) is 0 Å². The summed E-state index contributed by atoms with van der Waals surface area (Å²) in [5.41, 5.74) is 0.445. The van der Waals surface area contributed by atoms with Gasteiger partial charge in [0.2, 0.25) is 0 Å². The van der Waals surface area contributed by atoms with Gasteiger partial charge in [-0.15, -0.1) is 0 Å². The molecule has 0 spiro atoms. The van der Waals surface area contributed by atoms with Crippen molar-refractivity contribution in [2.24, 2.45) is 0 Å². The standard InChI is InChI=1S/C12H11NO6S/c14-8(5-6-20(17,18)19)7-13-11(15)9-3-1-2-4-10(9)12(13)16/h1-4H,5-7H2,(H,17,18,19). The largest absolute Gasteiger partial charge is 0.298 e. The third-order valence-electron chi connectivity index (χ3n) is 2.85. The fraction of sp³-hybridized carbons (Fsp3) is 0.250. The molecule has 8 heteroatoms. The number of imide groups is 1. The predicted molar refractivity (Wildman–Crippen MR) is 67.8 cm³/mol. The summed E-state index contributed by atoms with van der Waals surface area (Å²) in [6, 6.07) is 6.18. The van der Waals surface area contributed by atoms with Crippen LogP contribution in [0.25, 0.3) is 0 Å². The molecule has 0 atom stereocenters. The molecule has 1 heterocycles. The summed E-state index contributed by atoms with van der Waals surface area (Å²) in [6.07, 6.45) is -0.452. The molecule has 1 aliphatic heterocycles. The topological polar surface area (TPSA) is 109 Å². The lowest BCUT2D eigenvalue weighted by Crippen LogP contribution is -2.35. The van der Waals surface area contributed by atoms with Crippen molar-refractivity contribution in [3.8, 4) is 0 Å². The molecule has 2 rings (SSSR count). The van der Waals surface area contributed by atoms with Gasteiger partial charge in [0.1, 0.15) is 0 Å². The molecule has 0 aromatic heterocycles. The van der Waals surface area contributed by atoms with Crippen molar-refractivity contribution in [1.82, 2.24) is 4.90 Å². The Hall–Kier alpha value is -2.06. The Balaban J connectivity index is 2.07. The van der Waals surface area contributed by atoms with Gasteiger partial charge in [-0.1, -0.05) is 12.1 Å². The average Bonchev–Trinajstić information content (AvgIpc) is 2.62. The van der Waals surface area contributed by atoms with Gasteiger partial charge < -0.3 is 0 Å². The molecule has 106 valence electrons. The van der Waals surface area contributed by atoms with Crippen LogP contribution in [0.3, 0.4) is 0 Å². The SMILES string of the molecule is O=C(CCS(=O)(=O)O)CN1C(=O)c2ccccc2C1=O. The van der Waals surface area contributed by atoms with E-state index >= 15 is 0 Å². The average molecular weight is 297 g/mol. The van der Waals surface area contributed by atoms with E-state index in [1.807, 2.05) is 0 Å². The molecular formula is C12H11NO6S. The van der Waals surface area contributed by atoms with Crippen LogP contribution < -0.4 is 0 Å². The van der Waals surface area contributed by atoms with Crippen molar-refractivity contribution in [3.05, 3.63) is 35.4 Å². The minimum atomic E-state index is -4.24. The molecule has 20 heavy (non-hydrogen) atoms. The highest BCUT2D eigenvalue weighted by molar-refractivity contribution is 7.85. The molecule has 1 aromatic carbocycles. The number of benzene rings is 1. The fourth-order valence-corrected chi connectivity index (χ4v) is 2.37. The van der Waals surface area contributed by atoms with E-state index in [4.69, 9.17) is 4.55 Å². The van der Waals surface area contributed by atoms with Crippen LogP contribution in [0.4, 0.5) is 0 Å². The van der Waals surface area contributed by atoms with Crippen molar-refractivity contribution in [2.75, 3.05) is 12.3 Å². The molecule has 0 radical (unpaired) electrons. The molecule has 1 aliphatic rings. The number of amides is 2. The number of Topliss-reactive ketones (excluding diaryl/α,β-unsaturated/α-hetero) is 1. The van der Waals surface area contributed by atoms with Crippen LogP contribution in [0.2, 0.25) is 0 Å². The Labute approximate surface area is 114 Å². The monoisotopic (exact) mass is 297 g/mol. The van der Waals surface area contributed by atoms with E-state index in [-0.39, 0.29) is 11.1 Å². The zero-order chi connectivity index (χ0) is 14.9. The van der Waals surface area contributed by atoms with Gasteiger partial charge in [-0.3, -0.25) is 23.8 Å². The van der Waals surface area contributed by atoms with Crippen LogP contribution in [0.1, 0.15) is 27.1 Å². The molecule has 0 aliphatic carbocycles. The van der Waals surface area contributed by atoms with Crippen molar-refractivity contribution in [1.29, 1.82) is 0 Å². The molecule has 1 N–H and O–H groups in total. The van der Waals surface area contributed by atoms with E-state index in [2.05, 4.69) is 0 Å². The zero-order valence-corrected chi connectivity index (χ0v) is 11.1. The van der Waals surface area contributed by atoms with E-state index in [0.717, 1.165) is 4.90 Å². The predicted octanol–water partition coefficient (Wildman–Crippen LogP) is 0.130. The third kappa shape index (κ3) is 2.91. The molecule has 0 fully saturated rings. The highest BCUT2D eigenvalue weighted by Gasteiger charge is 2.36. The number of rotatable bonds is 5. The van der Waals surface area contributed by atoms with Gasteiger partial charge in [0.05, 0.1) is 23.4 Å². The highest BCUT2D eigenvalue weighted by atomic mass is 32.2. The first-order valence-corrected chi connectivity index (χ1v) is 7.32. The van der Waals surface area contributed by atoms with E-state index < -0.39 is 46.4 Å². The Morgan fingerprint density at radius 3 is 2.05 bits per heavy atom. The second-order valence-corrected chi connectivity index (χ2v) is 5.89. The lowest BCUT2D eigenvalue weighted by molar-refractivity contribution is -0.119. The molecule has 0 bridgehead atoms. The van der Waals surface area contributed by atoms with E-state index in [0.29, 0.717) is 0 Å². The van der Waals surface area contributed by atoms with Crippen LogP contribution in [0.15, 0.2) is 24.3 Å². The normalized spacial score (nSPS) is 14.6. The summed E-state index contributed by atoms with van der Waals surface area (Å²) in [4.78, 5) is 36.2. The summed E-state index contributed by atoms with van der Waals surface area (Å²) < 4.78 is 29.6. The summed E-state index contributed by atoms with van der Waals surface area (Å²) in [5, 5.41) is 0. The fourth-order valence-electron chi connectivity index (χ4n) is 1.88. The number of nitrogens with zero attached hydrogens (tertiary/aromatic N) is 1. The maximum atomic E-state index is 11.9. The van der Waals surface area contributed by atoms with Crippen molar-refractivity contribution < 1.29 is 27.4 Å². The second kappa shape index (κ2) is 5.14. The summed E-state index contributed by atoms with van der Waals surface area (Å²) in [5.74, 6) is -2.50. The first kappa shape index (κ1) is 14.4. The summed E-state index contributed by atoms with van der Waals surface area (Å²) >= 11 is 0. The lowest BCUT2D eigenvalue weighted by atomic mass is 10.1. The van der Waals surface area contributed by atoms with Gasteiger partial charge in [0.25, 0.3) is 21.9 Å². The van der Waals surface area contributed by atoms with Gasteiger partial charge in [-0.2, -0.15) is 8.42 Å². The van der Waals surface area contributed by atoms with Gasteiger partial charge in [0, 0.05) is 6.42 Å². The summed E-state index contributed by atoms with van der Waals surface area (Å²) in [7, 11) is -4.24. The van der Waals surface area contributed by atoms with Gasteiger partial charge >= 0.3 is 0 Å². The van der Waals surface area contributed by atoms with E-state index in [9.17, 15) is 22.8 Å². The molecule has 1 aromatic rings. The van der Waals surface area contributed by atoms with Crippen LogP contribution in [0, 0.1) is 0 Å². The molecular weight excluding hydrogens is 286 g/mol. The number of carbonyl (C=O) groups excluding carboxylic acids is 3. The maximum absolute atomic E-state index is 11.9. The van der Waals surface area contributed by atoms with Gasteiger partial charge in [0.15, 0.2) is 5.78 Å². The van der Waals surface area contributed by atoms with Crippen molar-refractivity contribution >= 4 is 27.7 Å². The molecule has 0 saturated heterocycles. The van der Waals surface area contributed by atoms with E-state index in [1.165, 1.54) is 12.1 Å². The van der Waals surface area contributed by atoms with Crippen molar-refractivity contribution in [3.63, 3.8) is 0 Å². The van der Waals surface area contributed by atoms with Crippen LogP contribution in [-0.2, 0) is 14.9 Å². The number of hydrogen-bond donors (Lipinski definition) is 1. The first-order chi connectivity index (χ1) is 9.29. The molecule has 2 amide bonds. The smallest absolute Gasteiger partial charge is 0.265 e. The minimum absolute atomic E-state index is 0.222. The summed E-state index contributed by atoms with van der Waals surface area (Å²) in [6.45, 7) is -0.498. The highest BCUT2D eigenvalue weighted by Crippen LogP contribution is 2.22. The number of fused-ring (bicyclic) bond motifs is 1. The lowest BCUT2D eigenvalue weighted by Gasteiger charge is -2.12. The van der Waals surface area contributed by atoms with E-state index in [1.54, 1.807) is 12.1 Å². The Kier molecular flexibility index (Phi) is 3.69. The van der Waals surface area contributed by atoms with Crippen LogP contribution in [0.5, 0.6) is 0 Å². The maximum Gasteiger partial charge on any atom is 0.265 e. The van der Waals surface area contributed by atoms with Crippen molar-refractivity contribution in [2.45, 2.75) is 6.42 Å². The van der Waals surface area contributed by atoms with Crippen LogP contribution in [-0.4, -0.2) is 47.8 Å². The molecule has 0 saturated carbocycles. The number of hydrogen-bond acceptors (Lipinski definition) is 5. The zero-order valence-electron chi connectivity index (χ0n) is 10.3. The Morgan fingerprint density at radius 2 is 1.60 bits per heavy atom. The number of ketones is 1. The first-order valence-electron chi connectivity index (χ1n) is 5.71. The Bertz CT molecular complexity index is 659. The third-order valence-corrected chi connectivity index (χ3v) is 3.57. The second-order valence-electron chi connectivity index (χ2n) is 4.32. The molecule has 7 nitrogen and oxygen atoms in total. The minimum Gasteiger partial charge on any atom is -0.298 e. The van der Waals surface area contributed by atoms with Crippen LogP contribution >= 0.6 is 0 Å².